The Hall–Kier alpha value is -1.30. The summed E-state index contributed by atoms with van der Waals surface area (Å²) in [5.74, 6) is 0.380. The molecule has 0 aliphatic carbocycles. The van der Waals surface area contributed by atoms with E-state index in [2.05, 4.69) is 13.8 Å². The number of hydrogen-bond donors (Lipinski definition) is 1. The minimum Gasteiger partial charge on any atom is -0.448 e. The summed E-state index contributed by atoms with van der Waals surface area (Å²) in [6.45, 7) is 6.49. The lowest BCUT2D eigenvalue weighted by atomic mass is 10.1. The van der Waals surface area contributed by atoms with Crippen molar-refractivity contribution in [2.45, 2.75) is 52.4 Å². The normalized spacial score (nSPS) is 14.7. The smallest absolute Gasteiger partial charge is 0.409 e. The average Bonchev–Trinajstić information content (AvgIpc) is 2.83. The lowest BCUT2D eigenvalue weighted by molar-refractivity contribution is -0.165. The predicted octanol–water partition coefficient (Wildman–Crippen LogP) is 2.65. The zero-order valence-corrected chi connectivity index (χ0v) is 13.2. The van der Waals surface area contributed by atoms with Crippen molar-refractivity contribution in [1.82, 2.24) is 9.96 Å². The van der Waals surface area contributed by atoms with Crippen LogP contribution in [0.15, 0.2) is 0 Å². The topological polar surface area (TPSA) is 70.1 Å². The summed E-state index contributed by atoms with van der Waals surface area (Å²) in [6, 6.07) is 0. The van der Waals surface area contributed by atoms with Gasteiger partial charge in [-0.05, 0) is 31.6 Å². The van der Waals surface area contributed by atoms with Crippen LogP contribution in [0.5, 0.6) is 0 Å². The summed E-state index contributed by atoms with van der Waals surface area (Å²) in [7, 11) is 0. The lowest BCUT2D eigenvalue weighted by Crippen LogP contribution is -2.28. The second-order valence-electron chi connectivity index (χ2n) is 5.97. The molecule has 1 fully saturated rings. The molecule has 1 aliphatic rings. The van der Waals surface area contributed by atoms with Crippen LogP contribution in [-0.4, -0.2) is 53.4 Å². The number of amides is 2. The van der Waals surface area contributed by atoms with Gasteiger partial charge in [0.2, 0.25) is 5.91 Å². The van der Waals surface area contributed by atoms with Gasteiger partial charge in [-0.3, -0.25) is 10.0 Å². The zero-order chi connectivity index (χ0) is 15.7. The molecule has 1 rings (SSSR count). The molecule has 0 bridgehead atoms. The Morgan fingerprint density at radius 2 is 2.10 bits per heavy atom. The third kappa shape index (κ3) is 7.32. The molecule has 0 unspecified atom stereocenters. The van der Waals surface area contributed by atoms with Gasteiger partial charge in [0.1, 0.15) is 6.61 Å². The zero-order valence-electron chi connectivity index (χ0n) is 13.2. The maximum absolute atomic E-state index is 11.7. The molecule has 122 valence electrons. The number of nitrogens with zero attached hydrogens (tertiary/aromatic N) is 2. The van der Waals surface area contributed by atoms with Crippen molar-refractivity contribution in [2.24, 2.45) is 5.92 Å². The standard InChI is InChI=1S/C15H28N2O4/c1-13(2)7-6-10-17(20)14(18)8-4-3-5-9-16-11-12-21-15(16)19/h13,20H,3-12H2,1-2H3. The second-order valence-corrected chi connectivity index (χ2v) is 5.97. The quantitative estimate of drug-likeness (QED) is 0.382. The molecule has 1 N–H and O–H groups in total. The fourth-order valence-electron chi connectivity index (χ4n) is 2.29. The SMILES string of the molecule is CC(C)CCCN(O)C(=O)CCCCCN1CCOC1=O. The Balaban J connectivity index is 2.00. The number of unbranched alkanes of at least 4 members (excludes halogenated alkanes) is 2. The summed E-state index contributed by atoms with van der Waals surface area (Å²) in [5.41, 5.74) is 0. The van der Waals surface area contributed by atoms with Crippen LogP contribution < -0.4 is 0 Å². The summed E-state index contributed by atoms with van der Waals surface area (Å²) in [4.78, 5) is 24.6. The van der Waals surface area contributed by atoms with Crippen molar-refractivity contribution in [1.29, 1.82) is 0 Å². The Kier molecular flexibility index (Phi) is 8.12. The predicted molar refractivity (Wildman–Crippen MR) is 79.0 cm³/mol. The first-order chi connectivity index (χ1) is 10.0. The summed E-state index contributed by atoms with van der Waals surface area (Å²) in [6.07, 6.45) is 4.44. The maximum atomic E-state index is 11.7. The summed E-state index contributed by atoms with van der Waals surface area (Å²) >= 11 is 0. The van der Waals surface area contributed by atoms with Crippen LogP contribution in [0.2, 0.25) is 0 Å². The van der Waals surface area contributed by atoms with Crippen molar-refractivity contribution < 1.29 is 19.5 Å². The first-order valence-corrected chi connectivity index (χ1v) is 7.91. The van der Waals surface area contributed by atoms with E-state index in [4.69, 9.17) is 4.74 Å². The molecule has 0 aromatic carbocycles. The van der Waals surface area contributed by atoms with E-state index in [0.29, 0.717) is 38.6 Å². The van der Waals surface area contributed by atoms with Crippen LogP contribution in [0.3, 0.4) is 0 Å². The minimum atomic E-state index is -0.238. The van der Waals surface area contributed by atoms with Crippen molar-refractivity contribution >= 4 is 12.0 Å². The van der Waals surface area contributed by atoms with Crippen molar-refractivity contribution in [2.75, 3.05) is 26.2 Å². The molecule has 0 spiro atoms. The first kappa shape index (κ1) is 17.8. The Morgan fingerprint density at radius 3 is 2.71 bits per heavy atom. The highest BCUT2D eigenvalue weighted by Gasteiger charge is 2.20. The highest BCUT2D eigenvalue weighted by Crippen LogP contribution is 2.09. The van der Waals surface area contributed by atoms with E-state index in [-0.39, 0.29) is 12.0 Å². The van der Waals surface area contributed by atoms with E-state index in [1.165, 1.54) is 0 Å². The van der Waals surface area contributed by atoms with Gasteiger partial charge in [0.05, 0.1) is 6.54 Å². The number of ether oxygens (including phenoxy) is 1. The molecule has 1 aliphatic heterocycles. The Labute approximate surface area is 127 Å². The molecule has 0 atom stereocenters. The molecule has 6 nitrogen and oxygen atoms in total. The molecule has 2 amide bonds. The maximum Gasteiger partial charge on any atom is 0.409 e. The number of carbonyl (C=O) groups excluding carboxylic acids is 2. The molecule has 1 saturated heterocycles. The van der Waals surface area contributed by atoms with E-state index in [0.717, 1.165) is 37.2 Å². The van der Waals surface area contributed by atoms with Gasteiger partial charge in [-0.2, -0.15) is 0 Å². The van der Waals surface area contributed by atoms with Gasteiger partial charge in [0, 0.05) is 19.5 Å². The van der Waals surface area contributed by atoms with Gasteiger partial charge in [-0.15, -0.1) is 0 Å². The summed E-state index contributed by atoms with van der Waals surface area (Å²) in [5, 5.41) is 10.5. The van der Waals surface area contributed by atoms with Gasteiger partial charge in [-0.25, -0.2) is 9.86 Å². The molecule has 21 heavy (non-hydrogen) atoms. The van der Waals surface area contributed by atoms with Crippen LogP contribution in [0, 0.1) is 5.92 Å². The Morgan fingerprint density at radius 1 is 1.33 bits per heavy atom. The van der Waals surface area contributed by atoms with Crippen LogP contribution in [0.1, 0.15) is 52.4 Å². The van der Waals surface area contributed by atoms with E-state index >= 15 is 0 Å². The van der Waals surface area contributed by atoms with E-state index in [9.17, 15) is 14.8 Å². The first-order valence-electron chi connectivity index (χ1n) is 7.91. The van der Waals surface area contributed by atoms with Crippen molar-refractivity contribution in [3.05, 3.63) is 0 Å². The number of hydroxylamine groups is 2. The van der Waals surface area contributed by atoms with Gasteiger partial charge >= 0.3 is 6.09 Å². The van der Waals surface area contributed by atoms with Crippen molar-refractivity contribution in [3.8, 4) is 0 Å². The highest BCUT2D eigenvalue weighted by atomic mass is 16.6. The monoisotopic (exact) mass is 300 g/mol. The van der Waals surface area contributed by atoms with Crippen LogP contribution in [0.4, 0.5) is 4.79 Å². The molecule has 0 radical (unpaired) electrons. The molecule has 6 heteroatoms. The van der Waals surface area contributed by atoms with Crippen LogP contribution >= 0.6 is 0 Å². The molecular weight excluding hydrogens is 272 g/mol. The number of carbonyl (C=O) groups is 2. The molecule has 0 aromatic rings. The number of rotatable bonds is 10. The second kappa shape index (κ2) is 9.60. The molecule has 0 saturated carbocycles. The van der Waals surface area contributed by atoms with Gasteiger partial charge in [0.15, 0.2) is 0 Å². The highest BCUT2D eigenvalue weighted by molar-refractivity contribution is 5.74. The number of hydrogen-bond acceptors (Lipinski definition) is 4. The average molecular weight is 300 g/mol. The number of cyclic esters (lactones) is 1. The molecule has 0 aromatic heterocycles. The van der Waals surface area contributed by atoms with Gasteiger partial charge in [0.25, 0.3) is 0 Å². The third-order valence-corrected chi connectivity index (χ3v) is 3.60. The van der Waals surface area contributed by atoms with Gasteiger partial charge in [-0.1, -0.05) is 20.3 Å². The lowest BCUT2D eigenvalue weighted by Gasteiger charge is -2.16. The van der Waals surface area contributed by atoms with Crippen LogP contribution in [-0.2, 0) is 9.53 Å². The fourth-order valence-corrected chi connectivity index (χ4v) is 2.29. The summed E-state index contributed by atoms with van der Waals surface area (Å²) < 4.78 is 4.84. The van der Waals surface area contributed by atoms with Crippen LogP contribution in [0.25, 0.3) is 0 Å². The van der Waals surface area contributed by atoms with E-state index in [1.54, 1.807) is 4.90 Å². The molecule has 1 heterocycles. The Bertz CT molecular complexity index is 334. The largest absolute Gasteiger partial charge is 0.448 e. The van der Waals surface area contributed by atoms with E-state index < -0.39 is 0 Å². The van der Waals surface area contributed by atoms with Gasteiger partial charge < -0.3 is 9.64 Å². The third-order valence-electron chi connectivity index (χ3n) is 3.60. The van der Waals surface area contributed by atoms with E-state index in [1.807, 2.05) is 0 Å². The fraction of sp³-hybridized carbons (Fsp3) is 0.867. The minimum absolute atomic E-state index is 0.209. The molecular formula is C15H28N2O4. The van der Waals surface area contributed by atoms with Crippen molar-refractivity contribution in [3.63, 3.8) is 0 Å².